The smallest absolute Gasteiger partial charge is 0.261 e. The molecule has 2 heterocycles. The van der Waals surface area contributed by atoms with Crippen molar-refractivity contribution in [3.05, 3.63) is 57.5 Å². The van der Waals surface area contributed by atoms with Gasteiger partial charge in [-0.25, -0.2) is 13.8 Å². The molecular weight excluding hydrogens is 442 g/mol. The fourth-order valence-electron chi connectivity index (χ4n) is 4.59. The summed E-state index contributed by atoms with van der Waals surface area (Å²) in [5.41, 5.74) is 7.63. The van der Waals surface area contributed by atoms with Crippen molar-refractivity contribution in [2.24, 2.45) is 16.6 Å². The van der Waals surface area contributed by atoms with Crippen molar-refractivity contribution < 1.29 is 13.6 Å². The van der Waals surface area contributed by atoms with E-state index < -0.39 is 36.3 Å². The number of halogens is 2. The van der Waals surface area contributed by atoms with Gasteiger partial charge in [0.25, 0.3) is 17.4 Å². The second kappa shape index (κ2) is 9.25. The first kappa shape index (κ1) is 23.4. The number of nitrogens with two attached hydrogens (primary N) is 1. The zero-order valence-corrected chi connectivity index (χ0v) is 18.8. The molecule has 2 atom stereocenters. The number of amidine groups is 1. The van der Waals surface area contributed by atoms with Crippen LogP contribution in [0.3, 0.4) is 0 Å². The van der Waals surface area contributed by atoms with E-state index in [2.05, 4.69) is 15.3 Å². The second-order valence-electron chi connectivity index (χ2n) is 8.84. The van der Waals surface area contributed by atoms with Gasteiger partial charge in [-0.1, -0.05) is 0 Å². The highest BCUT2D eigenvalue weighted by molar-refractivity contribution is 6.03. The maximum absolute atomic E-state index is 13.9. The van der Waals surface area contributed by atoms with Crippen molar-refractivity contribution in [3.63, 3.8) is 0 Å². The summed E-state index contributed by atoms with van der Waals surface area (Å²) in [6, 6.07) is 7.64. The lowest BCUT2D eigenvalue weighted by atomic mass is 10.0. The number of alkyl halides is 2. The number of rotatable bonds is 5. The number of aromatic nitrogens is 1. The van der Waals surface area contributed by atoms with E-state index in [-0.39, 0.29) is 23.0 Å². The maximum Gasteiger partial charge on any atom is 0.261 e. The summed E-state index contributed by atoms with van der Waals surface area (Å²) in [6.07, 6.45) is 2.32. The number of likely N-dealkylation sites (tertiary alicyclic amines) is 1. The van der Waals surface area contributed by atoms with Gasteiger partial charge in [-0.15, -0.1) is 0 Å². The predicted molar refractivity (Wildman–Crippen MR) is 124 cm³/mol. The minimum absolute atomic E-state index is 0.00396. The van der Waals surface area contributed by atoms with Crippen molar-refractivity contribution in [2.45, 2.75) is 44.6 Å². The first-order valence-electron chi connectivity index (χ1n) is 11.2. The minimum atomic E-state index is -2.95. The number of benzene rings is 1. The summed E-state index contributed by atoms with van der Waals surface area (Å²) >= 11 is 0. The third-order valence-electron chi connectivity index (χ3n) is 6.33. The zero-order chi connectivity index (χ0) is 24.5. The van der Waals surface area contributed by atoms with Gasteiger partial charge in [0, 0.05) is 43.7 Å². The van der Waals surface area contributed by atoms with Crippen molar-refractivity contribution in [2.75, 3.05) is 18.4 Å². The number of nitriles is 1. The summed E-state index contributed by atoms with van der Waals surface area (Å²) in [6.45, 7) is 3.30. The van der Waals surface area contributed by atoms with Crippen LogP contribution >= 0.6 is 0 Å². The van der Waals surface area contributed by atoms with Gasteiger partial charge in [-0.05, 0) is 49.6 Å². The summed E-state index contributed by atoms with van der Waals surface area (Å²) in [4.78, 5) is 34.0. The Morgan fingerprint density at radius 1 is 1.29 bits per heavy atom. The molecule has 0 spiro atoms. The van der Waals surface area contributed by atoms with Crippen LogP contribution in [0.15, 0.2) is 40.2 Å². The summed E-state index contributed by atoms with van der Waals surface area (Å²) in [5, 5.41) is 12.2. The van der Waals surface area contributed by atoms with E-state index in [1.54, 1.807) is 18.2 Å². The summed E-state index contributed by atoms with van der Waals surface area (Å²) in [7, 11) is 0. The Kier molecular flexibility index (Phi) is 6.37. The van der Waals surface area contributed by atoms with Crippen LogP contribution in [0.25, 0.3) is 0 Å². The first-order valence-corrected chi connectivity index (χ1v) is 11.2. The van der Waals surface area contributed by atoms with Gasteiger partial charge >= 0.3 is 0 Å². The van der Waals surface area contributed by atoms with E-state index in [0.717, 1.165) is 31.5 Å². The number of nitrogens with zero attached hydrogens (tertiary/aromatic N) is 3. The van der Waals surface area contributed by atoms with E-state index in [4.69, 9.17) is 5.73 Å². The number of carbonyl (C=O) groups is 1. The monoisotopic (exact) mass is 468 g/mol. The molecule has 1 saturated heterocycles. The highest BCUT2D eigenvalue weighted by Gasteiger charge is 2.46. The number of aryl methyl sites for hydroxylation is 1. The average molecular weight is 469 g/mol. The molecule has 1 saturated carbocycles. The van der Waals surface area contributed by atoms with Crippen LogP contribution < -0.4 is 16.6 Å². The molecule has 2 aliphatic rings. The molecule has 34 heavy (non-hydrogen) atoms. The van der Waals surface area contributed by atoms with Gasteiger partial charge in [0.15, 0.2) is 0 Å². The van der Waals surface area contributed by atoms with Gasteiger partial charge in [0.05, 0.1) is 23.4 Å². The Morgan fingerprint density at radius 2 is 2.03 bits per heavy atom. The lowest BCUT2D eigenvalue weighted by Crippen LogP contribution is -2.30. The molecule has 0 unspecified atom stereocenters. The Balaban J connectivity index is 1.61. The largest absolute Gasteiger partial charge is 0.383 e. The topological polar surface area (TPSA) is 127 Å². The second-order valence-corrected chi connectivity index (χ2v) is 8.84. The lowest BCUT2D eigenvalue weighted by molar-refractivity contribution is 0.00639. The minimum Gasteiger partial charge on any atom is -0.383 e. The lowest BCUT2D eigenvalue weighted by Gasteiger charge is -2.19. The quantitative estimate of drug-likeness (QED) is 0.458. The predicted octanol–water partition coefficient (Wildman–Crippen LogP) is 3.31. The Labute approximate surface area is 195 Å². The molecule has 1 aliphatic carbocycles. The number of anilines is 1. The average Bonchev–Trinajstić information content (AvgIpc) is 3.41. The maximum atomic E-state index is 13.9. The number of H-pyrrole nitrogens is 1. The first-order chi connectivity index (χ1) is 16.2. The van der Waals surface area contributed by atoms with E-state index in [1.165, 1.54) is 12.3 Å². The SMILES string of the molecule is Cc1cc(N=C(N)c2c(N[C@H]3CC(F)(F)C[C@H]3C#N)cc[nH]c2=O)ccc1C(=O)N1CCCC1. The zero-order valence-electron chi connectivity index (χ0n) is 18.8. The molecule has 10 heteroatoms. The molecule has 1 amide bonds. The fourth-order valence-corrected chi connectivity index (χ4v) is 4.59. The van der Waals surface area contributed by atoms with E-state index in [9.17, 15) is 23.6 Å². The molecule has 178 valence electrons. The number of carbonyl (C=O) groups excluding carboxylic acids is 1. The standard InChI is InChI=1S/C24H26F2N6O2/c1-14-10-16(4-5-17(14)23(34)32-8-2-3-9-32)30-21(28)20-18(6-7-29-22(20)33)31-19-12-24(25,26)11-15(19)13-27/h4-7,10,15,19H,2-3,8-9,11-12H2,1H3,(H2,28,30)(H2,29,31,33)/t15-,19-/m0/s1. The Morgan fingerprint density at radius 3 is 2.71 bits per heavy atom. The van der Waals surface area contributed by atoms with Gasteiger partial charge in [-0.3, -0.25) is 9.59 Å². The van der Waals surface area contributed by atoms with Gasteiger partial charge in [0.1, 0.15) is 11.4 Å². The van der Waals surface area contributed by atoms with Crippen LogP contribution in [-0.2, 0) is 0 Å². The van der Waals surface area contributed by atoms with Gasteiger partial charge in [-0.2, -0.15) is 5.26 Å². The highest BCUT2D eigenvalue weighted by atomic mass is 19.3. The molecule has 1 aromatic carbocycles. The normalized spacial score (nSPS) is 21.9. The van der Waals surface area contributed by atoms with Crippen LogP contribution in [0, 0.1) is 24.2 Å². The van der Waals surface area contributed by atoms with Crippen molar-refractivity contribution in [3.8, 4) is 6.07 Å². The van der Waals surface area contributed by atoms with Crippen molar-refractivity contribution in [1.29, 1.82) is 5.26 Å². The van der Waals surface area contributed by atoms with E-state index in [1.807, 2.05) is 17.9 Å². The number of hydrogen-bond acceptors (Lipinski definition) is 5. The summed E-state index contributed by atoms with van der Waals surface area (Å²) < 4.78 is 27.7. The van der Waals surface area contributed by atoms with Crippen LogP contribution in [0.4, 0.5) is 20.2 Å². The third kappa shape index (κ3) is 4.78. The molecule has 0 radical (unpaired) electrons. The molecule has 1 aliphatic heterocycles. The molecular formula is C24H26F2N6O2. The summed E-state index contributed by atoms with van der Waals surface area (Å²) in [5.74, 6) is -3.99. The third-order valence-corrected chi connectivity index (χ3v) is 6.33. The number of aliphatic imine (C=N–C) groups is 1. The van der Waals surface area contributed by atoms with Crippen LogP contribution in [0.5, 0.6) is 0 Å². The molecule has 4 N–H and O–H groups in total. The number of amides is 1. The Hall–Kier alpha value is -3.74. The number of aromatic amines is 1. The number of hydrogen-bond donors (Lipinski definition) is 3. The van der Waals surface area contributed by atoms with Crippen LogP contribution in [0.1, 0.15) is 47.2 Å². The molecule has 2 fully saturated rings. The van der Waals surface area contributed by atoms with E-state index >= 15 is 0 Å². The molecule has 0 bridgehead atoms. The highest BCUT2D eigenvalue weighted by Crippen LogP contribution is 2.40. The van der Waals surface area contributed by atoms with Crippen LogP contribution in [-0.4, -0.2) is 46.7 Å². The van der Waals surface area contributed by atoms with Crippen molar-refractivity contribution >= 4 is 23.1 Å². The number of pyridine rings is 1. The fraction of sp³-hybridized carbons (Fsp3) is 0.417. The number of nitrogens with one attached hydrogen (secondary N) is 2. The van der Waals surface area contributed by atoms with Gasteiger partial charge in [0.2, 0.25) is 0 Å². The Bertz CT molecular complexity index is 1230. The van der Waals surface area contributed by atoms with Gasteiger partial charge < -0.3 is 20.9 Å². The van der Waals surface area contributed by atoms with Crippen molar-refractivity contribution in [1.82, 2.24) is 9.88 Å². The molecule has 2 aromatic rings. The van der Waals surface area contributed by atoms with Crippen LogP contribution in [0.2, 0.25) is 0 Å². The molecule has 8 nitrogen and oxygen atoms in total. The molecule has 1 aromatic heterocycles. The van der Waals surface area contributed by atoms with E-state index in [0.29, 0.717) is 11.3 Å². The molecule has 4 rings (SSSR count).